The first-order valence-electron chi connectivity index (χ1n) is 4.86. The Hall–Kier alpha value is -1.91. The fourth-order valence-electron chi connectivity index (χ4n) is 1.13. The van der Waals surface area contributed by atoms with Crippen LogP contribution in [0.25, 0.3) is 0 Å². The van der Waals surface area contributed by atoms with Crippen LogP contribution in [0, 0.1) is 0 Å². The van der Waals surface area contributed by atoms with Crippen LogP contribution in [-0.4, -0.2) is 16.8 Å². The van der Waals surface area contributed by atoms with Crippen LogP contribution in [0.1, 0.15) is 20.8 Å². The molecule has 0 saturated heterocycles. The SMILES string of the molecule is CC(C)(C)OC(=O)Nc1cc(N)cc(O)c1. The van der Waals surface area contributed by atoms with Gasteiger partial charge in [-0.3, -0.25) is 5.32 Å². The van der Waals surface area contributed by atoms with E-state index in [9.17, 15) is 9.90 Å². The number of amides is 1. The molecule has 0 bridgehead atoms. The third kappa shape index (κ3) is 4.08. The Balaban J connectivity index is 2.70. The summed E-state index contributed by atoms with van der Waals surface area (Å²) in [4.78, 5) is 11.4. The number of phenols is 1. The van der Waals surface area contributed by atoms with E-state index in [1.165, 1.54) is 18.2 Å². The Morgan fingerprint density at radius 3 is 2.50 bits per heavy atom. The van der Waals surface area contributed by atoms with E-state index in [4.69, 9.17) is 10.5 Å². The molecule has 1 amide bonds. The Morgan fingerprint density at radius 1 is 1.38 bits per heavy atom. The number of nitrogens with one attached hydrogen (secondary N) is 1. The summed E-state index contributed by atoms with van der Waals surface area (Å²) in [6.07, 6.45) is -0.586. The number of carbonyl (C=O) groups is 1. The summed E-state index contributed by atoms with van der Waals surface area (Å²) in [7, 11) is 0. The smallest absolute Gasteiger partial charge is 0.412 e. The molecule has 0 fully saturated rings. The van der Waals surface area contributed by atoms with Gasteiger partial charge in [-0.15, -0.1) is 0 Å². The quantitative estimate of drug-likeness (QED) is 0.639. The van der Waals surface area contributed by atoms with Crippen molar-refractivity contribution in [2.75, 3.05) is 11.1 Å². The lowest BCUT2D eigenvalue weighted by molar-refractivity contribution is 0.0636. The van der Waals surface area contributed by atoms with Crippen molar-refractivity contribution in [2.45, 2.75) is 26.4 Å². The zero-order valence-corrected chi connectivity index (χ0v) is 9.57. The van der Waals surface area contributed by atoms with Gasteiger partial charge in [-0.2, -0.15) is 0 Å². The molecule has 1 aromatic carbocycles. The van der Waals surface area contributed by atoms with Crippen LogP contribution in [-0.2, 0) is 4.74 Å². The van der Waals surface area contributed by atoms with Gasteiger partial charge in [0.25, 0.3) is 0 Å². The van der Waals surface area contributed by atoms with E-state index in [2.05, 4.69) is 5.32 Å². The molecule has 5 heteroatoms. The van der Waals surface area contributed by atoms with Crippen LogP contribution in [0.5, 0.6) is 5.75 Å². The molecule has 1 aromatic rings. The molecule has 0 saturated carbocycles. The van der Waals surface area contributed by atoms with Crippen molar-refractivity contribution in [3.63, 3.8) is 0 Å². The number of ether oxygens (including phenoxy) is 1. The predicted octanol–water partition coefficient (Wildman–Crippen LogP) is 2.32. The van der Waals surface area contributed by atoms with Crippen LogP contribution in [0.3, 0.4) is 0 Å². The van der Waals surface area contributed by atoms with Crippen molar-refractivity contribution in [3.05, 3.63) is 18.2 Å². The van der Waals surface area contributed by atoms with Gasteiger partial charge in [0.15, 0.2) is 0 Å². The maximum Gasteiger partial charge on any atom is 0.412 e. The number of anilines is 2. The lowest BCUT2D eigenvalue weighted by Crippen LogP contribution is -2.27. The Morgan fingerprint density at radius 2 is 2.00 bits per heavy atom. The molecule has 5 nitrogen and oxygen atoms in total. The lowest BCUT2D eigenvalue weighted by Gasteiger charge is -2.19. The average molecular weight is 224 g/mol. The Labute approximate surface area is 94.2 Å². The van der Waals surface area contributed by atoms with Crippen molar-refractivity contribution >= 4 is 17.5 Å². The van der Waals surface area contributed by atoms with Crippen molar-refractivity contribution < 1.29 is 14.6 Å². The number of benzene rings is 1. The number of carbonyl (C=O) groups excluding carboxylic acids is 1. The minimum absolute atomic E-state index is 0.00828. The molecule has 88 valence electrons. The zero-order chi connectivity index (χ0) is 12.3. The highest BCUT2D eigenvalue weighted by Gasteiger charge is 2.16. The van der Waals surface area contributed by atoms with Crippen molar-refractivity contribution in [3.8, 4) is 5.75 Å². The summed E-state index contributed by atoms with van der Waals surface area (Å²) < 4.78 is 5.05. The maximum absolute atomic E-state index is 11.4. The lowest BCUT2D eigenvalue weighted by atomic mass is 10.2. The van der Waals surface area contributed by atoms with Crippen LogP contribution >= 0.6 is 0 Å². The molecule has 0 heterocycles. The second-order valence-electron chi connectivity index (χ2n) is 4.44. The number of rotatable bonds is 1. The molecule has 0 spiro atoms. The largest absolute Gasteiger partial charge is 0.508 e. The van der Waals surface area contributed by atoms with E-state index < -0.39 is 11.7 Å². The minimum atomic E-state index is -0.586. The first kappa shape index (κ1) is 12.2. The third-order valence-corrected chi connectivity index (χ3v) is 1.59. The molecule has 4 N–H and O–H groups in total. The number of aromatic hydroxyl groups is 1. The summed E-state index contributed by atoms with van der Waals surface area (Å²) >= 11 is 0. The van der Waals surface area contributed by atoms with E-state index in [1.807, 2.05) is 0 Å². The maximum atomic E-state index is 11.4. The molecular weight excluding hydrogens is 208 g/mol. The molecule has 0 aromatic heterocycles. The molecule has 0 atom stereocenters. The van der Waals surface area contributed by atoms with Gasteiger partial charge in [0.2, 0.25) is 0 Å². The number of hydrogen-bond acceptors (Lipinski definition) is 4. The summed E-state index contributed by atoms with van der Waals surface area (Å²) in [5, 5.41) is 11.7. The number of nitrogen functional groups attached to an aromatic ring is 1. The van der Waals surface area contributed by atoms with Gasteiger partial charge in [0.1, 0.15) is 11.4 Å². The number of nitrogens with two attached hydrogens (primary N) is 1. The summed E-state index contributed by atoms with van der Waals surface area (Å²) in [5.74, 6) is -0.00828. The molecule has 0 aliphatic heterocycles. The Bertz CT molecular complexity index is 376. The first-order valence-corrected chi connectivity index (χ1v) is 4.86. The second kappa shape index (κ2) is 4.30. The second-order valence-corrected chi connectivity index (χ2v) is 4.44. The van der Waals surface area contributed by atoms with Gasteiger partial charge < -0.3 is 15.6 Å². The predicted molar refractivity (Wildman–Crippen MR) is 62.4 cm³/mol. The first-order chi connectivity index (χ1) is 7.26. The Kier molecular flexibility index (Phi) is 3.27. The number of hydrogen-bond donors (Lipinski definition) is 3. The summed E-state index contributed by atoms with van der Waals surface area (Å²) in [6, 6.07) is 4.31. The zero-order valence-electron chi connectivity index (χ0n) is 9.57. The van der Waals surface area contributed by atoms with Crippen molar-refractivity contribution in [1.82, 2.24) is 0 Å². The highest BCUT2D eigenvalue weighted by molar-refractivity contribution is 5.86. The van der Waals surface area contributed by atoms with Gasteiger partial charge in [-0.05, 0) is 26.8 Å². The van der Waals surface area contributed by atoms with Gasteiger partial charge in [0, 0.05) is 23.5 Å². The van der Waals surface area contributed by atoms with E-state index >= 15 is 0 Å². The van der Waals surface area contributed by atoms with E-state index in [-0.39, 0.29) is 5.75 Å². The highest BCUT2D eigenvalue weighted by atomic mass is 16.6. The fourth-order valence-corrected chi connectivity index (χ4v) is 1.13. The van der Waals surface area contributed by atoms with Crippen molar-refractivity contribution in [1.29, 1.82) is 0 Å². The summed E-state index contributed by atoms with van der Waals surface area (Å²) in [5.41, 5.74) is 5.71. The standard InChI is InChI=1S/C11H16N2O3/c1-11(2,3)16-10(15)13-8-4-7(12)5-9(14)6-8/h4-6,14H,12H2,1-3H3,(H,13,15). The highest BCUT2D eigenvalue weighted by Crippen LogP contribution is 2.21. The van der Waals surface area contributed by atoms with Gasteiger partial charge in [-0.1, -0.05) is 0 Å². The normalized spacial score (nSPS) is 10.9. The van der Waals surface area contributed by atoms with Crippen LogP contribution in [0.15, 0.2) is 18.2 Å². The summed E-state index contributed by atoms with van der Waals surface area (Å²) in [6.45, 7) is 5.30. The van der Waals surface area contributed by atoms with E-state index in [1.54, 1.807) is 20.8 Å². The molecule has 0 unspecified atom stereocenters. The molecule has 0 aliphatic rings. The van der Waals surface area contributed by atoms with Gasteiger partial charge in [0.05, 0.1) is 0 Å². The molecule has 0 aliphatic carbocycles. The van der Waals surface area contributed by atoms with Gasteiger partial charge in [-0.25, -0.2) is 4.79 Å². The van der Waals surface area contributed by atoms with Crippen LogP contribution < -0.4 is 11.1 Å². The molecule has 0 radical (unpaired) electrons. The third-order valence-electron chi connectivity index (χ3n) is 1.59. The van der Waals surface area contributed by atoms with E-state index in [0.29, 0.717) is 11.4 Å². The van der Waals surface area contributed by atoms with Crippen molar-refractivity contribution in [2.24, 2.45) is 0 Å². The average Bonchev–Trinajstić information content (AvgIpc) is 1.96. The molecule has 16 heavy (non-hydrogen) atoms. The number of phenolic OH excluding ortho intramolecular Hbond substituents is 1. The monoisotopic (exact) mass is 224 g/mol. The fraction of sp³-hybridized carbons (Fsp3) is 0.364. The van der Waals surface area contributed by atoms with Crippen LogP contribution in [0.4, 0.5) is 16.2 Å². The van der Waals surface area contributed by atoms with Gasteiger partial charge >= 0.3 is 6.09 Å². The molecular formula is C11H16N2O3. The minimum Gasteiger partial charge on any atom is -0.508 e. The molecule has 1 rings (SSSR count). The topological polar surface area (TPSA) is 84.6 Å². The van der Waals surface area contributed by atoms with E-state index in [0.717, 1.165) is 0 Å². The van der Waals surface area contributed by atoms with Crippen LogP contribution in [0.2, 0.25) is 0 Å².